The lowest BCUT2D eigenvalue weighted by Gasteiger charge is -2.13. The van der Waals surface area contributed by atoms with Gasteiger partial charge in [0.15, 0.2) is 5.84 Å². The van der Waals surface area contributed by atoms with Gasteiger partial charge < -0.3 is 0 Å². The summed E-state index contributed by atoms with van der Waals surface area (Å²) in [4.78, 5) is 0. The minimum Gasteiger partial charge on any atom is -0.111 e. The molecule has 0 amide bonds. The average Bonchev–Trinajstić information content (AvgIpc) is 2.08. The molecule has 49 valence electrons. The number of rotatable bonds is 0. The summed E-state index contributed by atoms with van der Waals surface area (Å²) in [5.41, 5.74) is 3.69. The van der Waals surface area contributed by atoms with Crippen LogP contribution in [0.4, 0.5) is 0 Å². The van der Waals surface area contributed by atoms with E-state index in [4.69, 9.17) is 0 Å². The quantitative estimate of drug-likeness (QED) is 0.469. The SMILES string of the molecule is CC(C)(C)C1=NN=N[N]1. The summed E-state index contributed by atoms with van der Waals surface area (Å²) in [6, 6.07) is 0. The second-order valence-corrected chi connectivity index (χ2v) is 2.95. The Labute approximate surface area is 54.0 Å². The Bertz CT molecular complexity index is 162. The molecule has 0 spiro atoms. The smallest absolute Gasteiger partial charge is 0.111 e. The van der Waals surface area contributed by atoms with Crippen LogP contribution in [0.2, 0.25) is 0 Å². The molecule has 0 unspecified atom stereocenters. The van der Waals surface area contributed by atoms with Crippen molar-refractivity contribution in [2.24, 2.45) is 21.0 Å². The van der Waals surface area contributed by atoms with Crippen LogP contribution in [0.1, 0.15) is 20.8 Å². The molecule has 1 radical (unpaired) electrons. The predicted molar refractivity (Wildman–Crippen MR) is 33.9 cm³/mol. The predicted octanol–water partition coefficient (Wildman–Crippen LogP) is 1.33. The Kier molecular flexibility index (Phi) is 1.23. The number of hydrogen-bond donors (Lipinski definition) is 0. The first-order valence-electron chi connectivity index (χ1n) is 2.80. The van der Waals surface area contributed by atoms with Crippen LogP contribution in [-0.4, -0.2) is 5.84 Å². The van der Waals surface area contributed by atoms with Crippen molar-refractivity contribution in [2.45, 2.75) is 20.8 Å². The molecule has 1 rings (SSSR count). The van der Waals surface area contributed by atoms with Crippen molar-refractivity contribution in [1.29, 1.82) is 0 Å². The molecule has 0 bridgehead atoms. The topological polar surface area (TPSA) is 51.2 Å². The first-order chi connectivity index (χ1) is 4.11. The minimum absolute atomic E-state index is 0.0243. The van der Waals surface area contributed by atoms with Crippen LogP contribution in [0, 0.1) is 5.41 Å². The molecule has 0 saturated carbocycles. The fraction of sp³-hybridized carbons (Fsp3) is 0.800. The van der Waals surface area contributed by atoms with Gasteiger partial charge in [0.05, 0.1) is 0 Å². The zero-order valence-electron chi connectivity index (χ0n) is 5.79. The van der Waals surface area contributed by atoms with Crippen LogP contribution in [0.25, 0.3) is 0 Å². The second-order valence-electron chi connectivity index (χ2n) is 2.95. The van der Waals surface area contributed by atoms with E-state index in [1.165, 1.54) is 0 Å². The molecule has 0 saturated heterocycles. The number of amidine groups is 1. The third-order valence-electron chi connectivity index (χ3n) is 0.990. The fourth-order valence-corrected chi connectivity index (χ4v) is 0.445. The molecule has 0 atom stereocenters. The van der Waals surface area contributed by atoms with Gasteiger partial charge >= 0.3 is 0 Å². The molecule has 4 nitrogen and oxygen atoms in total. The lowest BCUT2D eigenvalue weighted by atomic mass is 9.95. The van der Waals surface area contributed by atoms with Crippen molar-refractivity contribution in [3.63, 3.8) is 0 Å². The molecule has 0 aromatic heterocycles. The highest BCUT2D eigenvalue weighted by molar-refractivity contribution is 5.86. The van der Waals surface area contributed by atoms with Crippen molar-refractivity contribution < 1.29 is 0 Å². The highest BCUT2D eigenvalue weighted by atomic mass is 15.6. The molecule has 0 aromatic rings. The average molecular weight is 125 g/mol. The van der Waals surface area contributed by atoms with Gasteiger partial charge in [-0.3, -0.25) is 0 Å². The Morgan fingerprint density at radius 3 is 2.00 bits per heavy atom. The normalized spacial score (nSPS) is 17.4. The largest absolute Gasteiger partial charge is 0.182 e. The minimum atomic E-state index is -0.0243. The Morgan fingerprint density at radius 2 is 1.78 bits per heavy atom. The van der Waals surface area contributed by atoms with Crippen molar-refractivity contribution in [3.8, 4) is 0 Å². The summed E-state index contributed by atoms with van der Waals surface area (Å²) < 4.78 is 0. The van der Waals surface area contributed by atoms with Crippen LogP contribution >= 0.6 is 0 Å². The Hall–Kier alpha value is -0.930. The van der Waals surface area contributed by atoms with Gasteiger partial charge in [-0.05, 0) is 10.4 Å². The van der Waals surface area contributed by atoms with E-state index in [1.807, 2.05) is 20.8 Å². The lowest BCUT2D eigenvalue weighted by Crippen LogP contribution is -2.24. The summed E-state index contributed by atoms with van der Waals surface area (Å²) in [5.74, 6) is 0.697. The lowest BCUT2D eigenvalue weighted by molar-refractivity contribution is 0.570. The zero-order chi connectivity index (χ0) is 6.91. The Morgan fingerprint density at radius 1 is 1.11 bits per heavy atom. The highest BCUT2D eigenvalue weighted by Crippen LogP contribution is 2.17. The van der Waals surface area contributed by atoms with Crippen LogP contribution in [0.5, 0.6) is 0 Å². The summed E-state index contributed by atoms with van der Waals surface area (Å²) in [6.45, 7) is 6.06. The monoisotopic (exact) mass is 125 g/mol. The van der Waals surface area contributed by atoms with Crippen LogP contribution < -0.4 is 5.43 Å². The summed E-state index contributed by atoms with van der Waals surface area (Å²) in [7, 11) is 0. The second kappa shape index (κ2) is 1.79. The molecule has 0 aliphatic carbocycles. The van der Waals surface area contributed by atoms with Crippen molar-refractivity contribution in [2.75, 3.05) is 0 Å². The van der Waals surface area contributed by atoms with Gasteiger partial charge in [0.1, 0.15) is 0 Å². The van der Waals surface area contributed by atoms with Gasteiger partial charge in [-0.25, -0.2) is 0 Å². The van der Waals surface area contributed by atoms with Crippen LogP contribution in [-0.2, 0) is 0 Å². The molecule has 0 N–H and O–H groups in total. The molecule has 1 aliphatic heterocycles. The maximum Gasteiger partial charge on any atom is 0.182 e. The van der Waals surface area contributed by atoms with Crippen molar-refractivity contribution in [1.82, 2.24) is 5.43 Å². The molecular weight excluding hydrogens is 116 g/mol. The van der Waals surface area contributed by atoms with Gasteiger partial charge in [0, 0.05) is 5.41 Å². The summed E-state index contributed by atoms with van der Waals surface area (Å²) >= 11 is 0. The van der Waals surface area contributed by atoms with E-state index < -0.39 is 0 Å². The maximum absolute atomic E-state index is 3.72. The molecule has 1 aliphatic rings. The molecule has 0 fully saturated rings. The zero-order valence-corrected chi connectivity index (χ0v) is 5.79. The molecule has 1 heterocycles. The van der Waals surface area contributed by atoms with E-state index in [0.717, 1.165) is 0 Å². The van der Waals surface area contributed by atoms with Gasteiger partial charge in [-0.1, -0.05) is 20.8 Å². The van der Waals surface area contributed by atoms with Crippen molar-refractivity contribution in [3.05, 3.63) is 0 Å². The van der Waals surface area contributed by atoms with E-state index >= 15 is 0 Å². The fourth-order valence-electron chi connectivity index (χ4n) is 0.445. The molecule has 0 aromatic carbocycles. The first-order valence-corrected chi connectivity index (χ1v) is 2.80. The molecule has 4 heteroatoms. The van der Waals surface area contributed by atoms with E-state index in [0.29, 0.717) is 5.84 Å². The van der Waals surface area contributed by atoms with Gasteiger partial charge in [-0.2, -0.15) is 0 Å². The van der Waals surface area contributed by atoms with E-state index in [9.17, 15) is 0 Å². The van der Waals surface area contributed by atoms with Crippen molar-refractivity contribution >= 4 is 5.84 Å². The molecular formula is C5H9N4. The van der Waals surface area contributed by atoms with E-state index in [1.54, 1.807) is 0 Å². The maximum atomic E-state index is 3.72. The van der Waals surface area contributed by atoms with Crippen LogP contribution in [0.15, 0.2) is 15.5 Å². The third kappa shape index (κ3) is 1.25. The Balaban J connectivity index is 2.66. The van der Waals surface area contributed by atoms with E-state index in [2.05, 4.69) is 21.0 Å². The summed E-state index contributed by atoms with van der Waals surface area (Å²) in [6.07, 6.45) is 0. The molecule has 9 heavy (non-hydrogen) atoms. The highest BCUT2D eigenvalue weighted by Gasteiger charge is 2.22. The number of hydrogen-bond acceptors (Lipinski definition) is 3. The van der Waals surface area contributed by atoms with Crippen LogP contribution in [0.3, 0.4) is 0 Å². The summed E-state index contributed by atoms with van der Waals surface area (Å²) in [5, 5.41) is 10.5. The number of nitrogens with zero attached hydrogens (tertiary/aromatic N) is 4. The van der Waals surface area contributed by atoms with Gasteiger partial charge in [0.2, 0.25) is 0 Å². The van der Waals surface area contributed by atoms with Gasteiger partial charge in [-0.15, -0.1) is 10.5 Å². The standard InChI is InChI=1S/C5H9N4/c1-5(2,3)4-6-8-9-7-4/h1-3H3. The first kappa shape index (κ1) is 6.19. The van der Waals surface area contributed by atoms with E-state index in [-0.39, 0.29) is 5.41 Å². The van der Waals surface area contributed by atoms with Gasteiger partial charge in [0.25, 0.3) is 0 Å². The third-order valence-corrected chi connectivity index (χ3v) is 0.990.